The van der Waals surface area contributed by atoms with Crippen molar-refractivity contribution in [3.63, 3.8) is 0 Å². The Kier molecular flexibility index (Phi) is 9.51. The van der Waals surface area contributed by atoms with Gasteiger partial charge in [0.25, 0.3) is 0 Å². The summed E-state index contributed by atoms with van der Waals surface area (Å²) in [5, 5.41) is 19.8. The zero-order valence-corrected chi connectivity index (χ0v) is 23.8. The van der Waals surface area contributed by atoms with E-state index in [4.69, 9.17) is 4.74 Å². The number of hydrogen-bond acceptors (Lipinski definition) is 6. The number of hydrogen-bond donors (Lipinski definition) is 3. The molecule has 14 heteroatoms. The zero-order chi connectivity index (χ0) is 32.1. The van der Waals surface area contributed by atoms with Crippen molar-refractivity contribution in [1.29, 1.82) is 0 Å². The summed E-state index contributed by atoms with van der Waals surface area (Å²) in [6.07, 6.45) is -3.65. The van der Waals surface area contributed by atoms with E-state index in [1.807, 2.05) is 0 Å². The number of aliphatic carboxylic acids is 1. The molecule has 0 bridgehead atoms. The smallest absolute Gasteiger partial charge is 0.481 e. The summed E-state index contributed by atoms with van der Waals surface area (Å²) >= 11 is 0. The monoisotopic (exact) mass is 630 g/mol. The summed E-state index contributed by atoms with van der Waals surface area (Å²) in [7, 11) is -4.31. The van der Waals surface area contributed by atoms with Gasteiger partial charge in [-0.1, -0.05) is 18.1 Å². The van der Waals surface area contributed by atoms with Crippen LogP contribution < -0.4 is 14.2 Å². The molecule has 3 N–H and O–H groups in total. The largest absolute Gasteiger partial charge is 0.573 e. The number of aromatic nitrogens is 1. The lowest BCUT2D eigenvalue weighted by Crippen LogP contribution is -2.42. The molecule has 0 aliphatic rings. The summed E-state index contributed by atoms with van der Waals surface area (Å²) in [4.78, 5) is 23.7. The van der Waals surface area contributed by atoms with Crippen molar-refractivity contribution in [3.05, 3.63) is 89.6 Å². The number of rotatable bonds is 12. The van der Waals surface area contributed by atoms with Gasteiger partial charge in [0.1, 0.15) is 24.1 Å². The van der Waals surface area contributed by atoms with Crippen molar-refractivity contribution in [2.45, 2.75) is 37.2 Å². The van der Waals surface area contributed by atoms with Gasteiger partial charge in [-0.3, -0.25) is 4.79 Å². The molecule has 10 nitrogen and oxygen atoms in total. The second kappa shape index (κ2) is 13.1. The molecule has 4 rings (SSSR count). The van der Waals surface area contributed by atoms with Crippen LogP contribution in [-0.2, 0) is 27.8 Å². The molecule has 4 aromatic rings. The van der Waals surface area contributed by atoms with Crippen LogP contribution in [0.15, 0.2) is 77.8 Å². The predicted molar refractivity (Wildman–Crippen MR) is 152 cm³/mol. The van der Waals surface area contributed by atoms with E-state index in [2.05, 4.69) is 21.3 Å². The number of ether oxygens (including phenoxy) is 2. The van der Waals surface area contributed by atoms with Crippen LogP contribution in [0.1, 0.15) is 28.4 Å². The van der Waals surface area contributed by atoms with E-state index in [1.54, 1.807) is 17.7 Å². The summed E-state index contributed by atoms with van der Waals surface area (Å²) in [6, 6.07) is 13.0. The quantitative estimate of drug-likeness (QED) is 0.192. The Hall–Kier alpha value is -5.00. The first-order chi connectivity index (χ1) is 20.8. The van der Waals surface area contributed by atoms with Gasteiger partial charge < -0.3 is 24.3 Å². The van der Waals surface area contributed by atoms with Crippen molar-refractivity contribution >= 4 is 32.9 Å². The van der Waals surface area contributed by atoms with E-state index in [0.29, 0.717) is 27.8 Å². The molecule has 0 aliphatic heterocycles. The van der Waals surface area contributed by atoms with Crippen LogP contribution in [-0.4, -0.2) is 54.1 Å². The third-order valence-electron chi connectivity index (χ3n) is 6.36. The number of carboxylic acids is 2. The van der Waals surface area contributed by atoms with E-state index < -0.39 is 40.1 Å². The third kappa shape index (κ3) is 8.09. The molecule has 1 heterocycles. The number of carboxylic acid groups (broad SMARTS) is 2. The molecular formula is C30H25F3N2O8S. The van der Waals surface area contributed by atoms with E-state index >= 15 is 0 Å². The summed E-state index contributed by atoms with van der Waals surface area (Å²) < 4.78 is 76.8. The highest BCUT2D eigenvalue weighted by molar-refractivity contribution is 7.89. The van der Waals surface area contributed by atoms with Gasteiger partial charge in [0.15, 0.2) is 0 Å². The Morgan fingerprint density at radius 3 is 2.25 bits per heavy atom. The highest BCUT2D eigenvalue weighted by Gasteiger charge is 2.31. The second-order valence-electron chi connectivity index (χ2n) is 9.41. The summed E-state index contributed by atoms with van der Waals surface area (Å²) in [6.45, 7) is 1.87. The molecule has 0 spiro atoms. The summed E-state index contributed by atoms with van der Waals surface area (Å²) in [5.41, 5.74) is 1.31. The van der Waals surface area contributed by atoms with Crippen molar-refractivity contribution in [2.24, 2.45) is 0 Å². The molecule has 3 aromatic carbocycles. The van der Waals surface area contributed by atoms with Crippen LogP contribution >= 0.6 is 0 Å². The number of halogens is 3. The minimum absolute atomic E-state index is 0.0789. The number of fused-ring (bicyclic) bond motifs is 1. The molecule has 0 amide bonds. The number of sulfonamides is 1. The minimum Gasteiger partial charge on any atom is -0.481 e. The Morgan fingerprint density at radius 1 is 1.00 bits per heavy atom. The van der Waals surface area contributed by atoms with Crippen molar-refractivity contribution < 1.29 is 50.9 Å². The minimum atomic E-state index is -4.85. The Labute approximate surface area is 249 Å². The fourth-order valence-corrected chi connectivity index (χ4v) is 5.54. The lowest BCUT2D eigenvalue weighted by Gasteiger charge is -2.15. The maximum absolute atomic E-state index is 13.1. The number of aromatic carboxylic acids is 1. The molecule has 0 radical (unpaired) electrons. The van der Waals surface area contributed by atoms with Crippen LogP contribution in [0.25, 0.3) is 10.9 Å². The average molecular weight is 631 g/mol. The van der Waals surface area contributed by atoms with Gasteiger partial charge in [0, 0.05) is 30.1 Å². The first-order valence-electron chi connectivity index (χ1n) is 12.8. The Balaban J connectivity index is 1.62. The fourth-order valence-electron chi connectivity index (χ4n) is 4.35. The normalized spacial score (nSPS) is 12.3. The predicted octanol–water partition coefficient (Wildman–Crippen LogP) is 4.66. The van der Waals surface area contributed by atoms with Gasteiger partial charge in [0.05, 0.1) is 10.5 Å². The molecule has 1 atom stereocenters. The fraction of sp³-hybridized carbons (Fsp3) is 0.200. The van der Waals surface area contributed by atoms with E-state index in [-0.39, 0.29) is 30.0 Å². The van der Waals surface area contributed by atoms with Gasteiger partial charge in [-0.15, -0.1) is 19.1 Å². The van der Waals surface area contributed by atoms with Crippen molar-refractivity contribution in [2.75, 3.05) is 6.61 Å². The van der Waals surface area contributed by atoms with Gasteiger partial charge in [-0.2, -0.15) is 4.72 Å². The first kappa shape index (κ1) is 31.9. The summed E-state index contributed by atoms with van der Waals surface area (Å²) in [5.74, 6) is 2.63. The number of benzene rings is 3. The van der Waals surface area contributed by atoms with E-state index in [0.717, 1.165) is 12.1 Å². The molecule has 1 unspecified atom stereocenters. The second-order valence-corrected chi connectivity index (χ2v) is 11.1. The molecule has 0 aliphatic carbocycles. The zero-order valence-electron chi connectivity index (χ0n) is 23.0. The average Bonchev–Trinajstić information content (AvgIpc) is 3.29. The SMILES string of the molecule is CC#CCOc1ccc(S(=O)(=O)NC(Cc2cn(Cc3ccc(OC(F)(F)F)cc3)c3ccc(C(=O)O)cc23)C(=O)O)cc1. The molecule has 44 heavy (non-hydrogen) atoms. The maximum Gasteiger partial charge on any atom is 0.573 e. The van der Waals surface area contributed by atoms with Crippen LogP contribution in [0, 0.1) is 11.8 Å². The lowest BCUT2D eigenvalue weighted by atomic mass is 10.0. The molecule has 0 saturated heterocycles. The van der Waals surface area contributed by atoms with Gasteiger partial charge in [0.2, 0.25) is 10.0 Å². The van der Waals surface area contributed by atoms with E-state index in [1.165, 1.54) is 54.6 Å². The van der Waals surface area contributed by atoms with Gasteiger partial charge in [-0.05, 0) is 72.6 Å². The van der Waals surface area contributed by atoms with Gasteiger partial charge in [-0.25, -0.2) is 13.2 Å². The first-order valence-corrected chi connectivity index (χ1v) is 14.3. The molecule has 0 fully saturated rings. The number of carbonyl (C=O) groups is 2. The van der Waals surface area contributed by atoms with Crippen LogP contribution in [0.5, 0.6) is 11.5 Å². The third-order valence-corrected chi connectivity index (χ3v) is 7.85. The Morgan fingerprint density at radius 2 is 1.66 bits per heavy atom. The maximum atomic E-state index is 13.1. The Bertz CT molecular complexity index is 1840. The highest BCUT2D eigenvalue weighted by Crippen LogP contribution is 2.27. The van der Waals surface area contributed by atoms with Crippen LogP contribution in [0.3, 0.4) is 0 Å². The number of nitrogens with zero attached hydrogens (tertiary/aromatic N) is 1. The van der Waals surface area contributed by atoms with Crippen LogP contribution in [0.2, 0.25) is 0 Å². The van der Waals surface area contributed by atoms with Crippen molar-refractivity contribution in [3.8, 4) is 23.3 Å². The molecule has 0 saturated carbocycles. The van der Waals surface area contributed by atoms with Gasteiger partial charge >= 0.3 is 18.3 Å². The number of nitrogens with one attached hydrogen (secondary N) is 1. The van der Waals surface area contributed by atoms with Crippen molar-refractivity contribution in [1.82, 2.24) is 9.29 Å². The van der Waals surface area contributed by atoms with E-state index in [9.17, 15) is 41.4 Å². The molecule has 230 valence electrons. The highest BCUT2D eigenvalue weighted by atomic mass is 32.2. The number of alkyl halides is 3. The molecular weight excluding hydrogens is 605 g/mol. The standard InChI is InChI=1S/C30H25F3N2O8S/c1-2-3-14-42-22-9-11-24(12-10-22)44(40,41)34-26(29(38)39)16-21-18-35(27-13-6-20(28(36)37)15-25(21)27)17-19-4-7-23(8-5-19)43-30(31,32)33/h4-13,15,18,26,34H,14,16-17H2,1H3,(H,36,37)(H,38,39). The molecule has 1 aromatic heterocycles. The van der Waals surface area contributed by atoms with Crippen LogP contribution in [0.4, 0.5) is 13.2 Å². The topological polar surface area (TPSA) is 144 Å². The lowest BCUT2D eigenvalue weighted by molar-refractivity contribution is -0.274.